The van der Waals surface area contributed by atoms with Crippen molar-refractivity contribution in [2.45, 2.75) is 24.0 Å². The van der Waals surface area contributed by atoms with Gasteiger partial charge in [-0.2, -0.15) is 18.3 Å². The number of hydrogen-bond donors (Lipinski definition) is 1. The van der Waals surface area contributed by atoms with Crippen LogP contribution in [0, 0.1) is 0 Å². The molecular weight excluding hydrogens is 319 g/mol. The predicted molar refractivity (Wildman–Crippen MR) is 73.4 cm³/mol. The van der Waals surface area contributed by atoms with Crippen molar-refractivity contribution in [2.24, 2.45) is 7.05 Å². The van der Waals surface area contributed by atoms with E-state index in [1.54, 1.807) is 7.05 Å². The normalized spacial score (nSPS) is 14.0. The zero-order valence-corrected chi connectivity index (χ0v) is 12.6. The Kier molecular flexibility index (Phi) is 4.30. The van der Waals surface area contributed by atoms with Crippen LogP contribution in [-0.4, -0.2) is 18.2 Å². The summed E-state index contributed by atoms with van der Waals surface area (Å²) in [6.07, 6.45) is -2.00. The number of nitrogens with zero attached hydrogens (tertiary/aromatic N) is 2. The maximum atomic E-state index is 12.7. The molecule has 0 saturated heterocycles. The van der Waals surface area contributed by atoms with E-state index in [1.807, 2.05) is 0 Å². The summed E-state index contributed by atoms with van der Waals surface area (Å²) in [5, 5.41) is 3.76. The number of hydrogen-bond acceptors (Lipinski definition) is 3. The molecule has 9 heteroatoms. The Morgan fingerprint density at radius 3 is 2.55 bits per heavy atom. The molecule has 1 aromatic heterocycles. The smallest absolute Gasteiger partial charge is 0.274 e. The average Bonchev–Trinajstić information content (AvgIpc) is 2.85. The maximum Gasteiger partial charge on any atom is 0.416 e. The van der Waals surface area contributed by atoms with Crippen LogP contribution in [-0.2, 0) is 23.2 Å². The maximum absolute atomic E-state index is 12.7. The minimum Gasteiger partial charge on any atom is -0.274 e. The number of aryl methyl sites for hydroxylation is 1. The standard InChI is InChI=1S/C13H14F3N3O2S/c1-9(10-4-3-5-11(6-10)13(14,15)16)18-22(20,21)12-7-17-19(2)8-12/h3-9,18H,1-2H3. The van der Waals surface area contributed by atoms with Crippen molar-refractivity contribution in [1.29, 1.82) is 0 Å². The van der Waals surface area contributed by atoms with Crippen LogP contribution in [0.25, 0.3) is 0 Å². The van der Waals surface area contributed by atoms with Crippen LogP contribution in [0.3, 0.4) is 0 Å². The summed E-state index contributed by atoms with van der Waals surface area (Å²) in [5.41, 5.74) is -0.597. The molecule has 0 spiro atoms. The highest BCUT2D eigenvalue weighted by atomic mass is 32.2. The van der Waals surface area contributed by atoms with Crippen molar-refractivity contribution in [1.82, 2.24) is 14.5 Å². The zero-order valence-electron chi connectivity index (χ0n) is 11.8. The van der Waals surface area contributed by atoms with Crippen LogP contribution in [0.4, 0.5) is 13.2 Å². The zero-order chi connectivity index (χ0) is 16.5. The van der Waals surface area contributed by atoms with Crippen molar-refractivity contribution in [2.75, 3.05) is 0 Å². The van der Waals surface area contributed by atoms with E-state index >= 15 is 0 Å². The van der Waals surface area contributed by atoms with Gasteiger partial charge in [-0.1, -0.05) is 12.1 Å². The second-order valence-electron chi connectivity index (χ2n) is 4.82. The van der Waals surface area contributed by atoms with Gasteiger partial charge in [-0.3, -0.25) is 4.68 Å². The fraction of sp³-hybridized carbons (Fsp3) is 0.308. The van der Waals surface area contributed by atoms with Gasteiger partial charge in [0.1, 0.15) is 4.90 Å². The highest BCUT2D eigenvalue weighted by molar-refractivity contribution is 7.89. The highest BCUT2D eigenvalue weighted by Gasteiger charge is 2.31. The Hall–Kier alpha value is -1.87. The van der Waals surface area contributed by atoms with Crippen LogP contribution in [0.2, 0.25) is 0 Å². The van der Waals surface area contributed by atoms with E-state index in [9.17, 15) is 21.6 Å². The van der Waals surface area contributed by atoms with Crippen molar-refractivity contribution < 1.29 is 21.6 Å². The summed E-state index contributed by atoms with van der Waals surface area (Å²) in [7, 11) is -2.29. The van der Waals surface area contributed by atoms with Crippen LogP contribution in [0.1, 0.15) is 24.1 Å². The Morgan fingerprint density at radius 1 is 1.32 bits per heavy atom. The number of nitrogens with one attached hydrogen (secondary N) is 1. The molecule has 0 aliphatic carbocycles. The van der Waals surface area contributed by atoms with Gasteiger partial charge in [0.15, 0.2) is 0 Å². The van der Waals surface area contributed by atoms with E-state index < -0.39 is 27.8 Å². The quantitative estimate of drug-likeness (QED) is 0.935. The van der Waals surface area contributed by atoms with Gasteiger partial charge in [0, 0.05) is 19.3 Å². The minimum atomic E-state index is -4.47. The molecule has 5 nitrogen and oxygen atoms in total. The molecular formula is C13H14F3N3O2S. The number of alkyl halides is 3. The molecule has 1 N–H and O–H groups in total. The summed E-state index contributed by atoms with van der Waals surface area (Å²) >= 11 is 0. The second-order valence-corrected chi connectivity index (χ2v) is 6.53. The molecule has 0 fully saturated rings. The Labute approximate surface area is 125 Å². The summed E-state index contributed by atoms with van der Waals surface area (Å²) in [6.45, 7) is 1.48. The molecule has 0 aliphatic rings. The molecule has 0 saturated carbocycles. The van der Waals surface area contributed by atoms with Crippen LogP contribution in [0.5, 0.6) is 0 Å². The second kappa shape index (κ2) is 5.73. The molecule has 0 amide bonds. The lowest BCUT2D eigenvalue weighted by molar-refractivity contribution is -0.137. The molecule has 0 bridgehead atoms. The third-order valence-corrected chi connectivity index (χ3v) is 4.53. The minimum absolute atomic E-state index is 0.0474. The van der Waals surface area contributed by atoms with Crippen molar-refractivity contribution >= 4 is 10.0 Å². The largest absolute Gasteiger partial charge is 0.416 e. The Morgan fingerprint density at radius 2 is 2.00 bits per heavy atom. The molecule has 1 unspecified atom stereocenters. The lowest BCUT2D eigenvalue weighted by atomic mass is 10.1. The van der Waals surface area contributed by atoms with Gasteiger partial charge < -0.3 is 0 Å². The lowest BCUT2D eigenvalue weighted by Gasteiger charge is -2.15. The molecule has 2 rings (SSSR count). The highest BCUT2D eigenvalue weighted by Crippen LogP contribution is 2.31. The first-order valence-electron chi connectivity index (χ1n) is 6.28. The van der Waals surface area contributed by atoms with Gasteiger partial charge in [-0.15, -0.1) is 0 Å². The van der Waals surface area contributed by atoms with Crippen molar-refractivity contribution in [3.63, 3.8) is 0 Å². The van der Waals surface area contributed by atoms with Crippen LogP contribution in [0.15, 0.2) is 41.6 Å². The van der Waals surface area contributed by atoms with E-state index in [0.29, 0.717) is 0 Å². The fourth-order valence-electron chi connectivity index (χ4n) is 1.89. The average molecular weight is 333 g/mol. The van der Waals surface area contributed by atoms with Crippen LogP contribution < -0.4 is 4.72 Å². The molecule has 0 aliphatic heterocycles. The van der Waals surface area contributed by atoms with Gasteiger partial charge in [-0.25, -0.2) is 13.1 Å². The van der Waals surface area contributed by atoms with E-state index in [1.165, 1.54) is 36.1 Å². The van der Waals surface area contributed by atoms with E-state index in [0.717, 1.165) is 12.1 Å². The monoisotopic (exact) mass is 333 g/mol. The predicted octanol–water partition coefficient (Wildman–Crippen LogP) is 2.48. The first kappa shape index (κ1) is 16.5. The third kappa shape index (κ3) is 3.66. The fourth-order valence-corrected chi connectivity index (χ4v) is 3.11. The number of benzene rings is 1. The van der Waals surface area contributed by atoms with Crippen molar-refractivity contribution in [3.05, 3.63) is 47.8 Å². The molecule has 120 valence electrons. The molecule has 2 aromatic rings. The van der Waals surface area contributed by atoms with Gasteiger partial charge in [0.05, 0.1) is 11.8 Å². The Balaban J connectivity index is 2.24. The molecule has 1 atom stereocenters. The lowest BCUT2D eigenvalue weighted by Crippen LogP contribution is -2.26. The summed E-state index contributed by atoms with van der Waals surface area (Å²) < 4.78 is 66.0. The third-order valence-electron chi connectivity index (χ3n) is 3.04. The summed E-state index contributed by atoms with van der Waals surface area (Å²) in [6, 6.07) is 3.73. The van der Waals surface area contributed by atoms with Gasteiger partial charge >= 0.3 is 6.18 Å². The first-order chi connectivity index (χ1) is 10.1. The number of sulfonamides is 1. The van der Waals surface area contributed by atoms with Gasteiger partial charge in [0.25, 0.3) is 0 Å². The van der Waals surface area contributed by atoms with Gasteiger partial charge in [-0.05, 0) is 24.6 Å². The molecule has 0 radical (unpaired) electrons. The summed E-state index contributed by atoms with van der Waals surface area (Å²) in [5.74, 6) is 0. The van der Waals surface area contributed by atoms with E-state index in [4.69, 9.17) is 0 Å². The Bertz CT molecular complexity index is 769. The van der Waals surface area contributed by atoms with E-state index in [-0.39, 0.29) is 10.5 Å². The SMILES string of the molecule is CC(NS(=O)(=O)c1cnn(C)c1)c1cccc(C(F)(F)F)c1. The molecule has 22 heavy (non-hydrogen) atoms. The van der Waals surface area contributed by atoms with Crippen molar-refractivity contribution in [3.8, 4) is 0 Å². The number of aromatic nitrogens is 2. The van der Waals surface area contributed by atoms with Gasteiger partial charge in [0.2, 0.25) is 10.0 Å². The van der Waals surface area contributed by atoms with E-state index in [2.05, 4.69) is 9.82 Å². The number of halogens is 3. The van der Waals surface area contributed by atoms with Crippen LogP contribution >= 0.6 is 0 Å². The molecule has 1 heterocycles. The summed E-state index contributed by atoms with van der Waals surface area (Å²) in [4.78, 5) is -0.0474. The number of rotatable bonds is 4. The first-order valence-corrected chi connectivity index (χ1v) is 7.76. The molecule has 1 aromatic carbocycles. The topological polar surface area (TPSA) is 64.0 Å².